The highest BCUT2D eigenvalue weighted by Crippen LogP contribution is 2.23. The maximum atomic E-state index is 12.1. The van der Waals surface area contributed by atoms with Gasteiger partial charge in [0.25, 0.3) is 11.6 Å². The highest BCUT2D eigenvalue weighted by molar-refractivity contribution is 5.98. The molecule has 2 aromatic rings. The number of carbonyl (C=O) groups excluding carboxylic acids is 2. The quantitative estimate of drug-likeness (QED) is 0.510. The van der Waals surface area contributed by atoms with Gasteiger partial charge < -0.3 is 10.1 Å². The van der Waals surface area contributed by atoms with Crippen LogP contribution in [0.3, 0.4) is 0 Å². The van der Waals surface area contributed by atoms with Crippen molar-refractivity contribution in [3.05, 3.63) is 68.8 Å². The van der Waals surface area contributed by atoms with Crippen molar-refractivity contribution in [2.45, 2.75) is 20.8 Å². The van der Waals surface area contributed by atoms with Crippen molar-refractivity contribution in [2.24, 2.45) is 0 Å². The van der Waals surface area contributed by atoms with Crippen LogP contribution < -0.4 is 5.32 Å². The van der Waals surface area contributed by atoms with Crippen LogP contribution in [-0.4, -0.2) is 23.4 Å². The first-order valence-electron chi connectivity index (χ1n) is 7.58. The summed E-state index contributed by atoms with van der Waals surface area (Å²) >= 11 is 0. The molecule has 0 saturated carbocycles. The van der Waals surface area contributed by atoms with Gasteiger partial charge in [0.05, 0.1) is 4.92 Å². The number of para-hydroxylation sites is 1. The van der Waals surface area contributed by atoms with Gasteiger partial charge in [0.2, 0.25) is 0 Å². The minimum absolute atomic E-state index is 0.176. The molecule has 0 aromatic heterocycles. The molecule has 130 valence electrons. The van der Waals surface area contributed by atoms with E-state index in [1.165, 1.54) is 25.1 Å². The summed E-state index contributed by atoms with van der Waals surface area (Å²) in [5, 5.41) is 13.8. The molecule has 7 nitrogen and oxygen atoms in total. The summed E-state index contributed by atoms with van der Waals surface area (Å²) in [5.41, 5.74) is 2.41. The number of nitro benzene ring substituents is 1. The van der Waals surface area contributed by atoms with E-state index in [9.17, 15) is 19.7 Å². The number of esters is 1. The Hall–Kier alpha value is -3.22. The Morgan fingerprint density at radius 1 is 1.08 bits per heavy atom. The van der Waals surface area contributed by atoms with Gasteiger partial charge in [0.15, 0.2) is 6.61 Å². The largest absolute Gasteiger partial charge is 0.452 e. The maximum Gasteiger partial charge on any atom is 0.345 e. The Labute approximate surface area is 144 Å². The molecule has 0 spiro atoms. The number of nitro groups is 1. The number of ether oxygens (including phenoxy) is 1. The van der Waals surface area contributed by atoms with E-state index >= 15 is 0 Å². The molecule has 2 aromatic carbocycles. The molecule has 0 heterocycles. The first kappa shape index (κ1) is 18.1. The Balaban J connectivity index is 2.05. The van der Waals surface area contributed by atoms with E-state index in [0.717, 1.165) is 11.1 Å². The number of rotatable bonds is 5. The molecule has 0 bridgehead atoms. The zero-order valence-electron chi connectivity index (χ0n) is 14.2. The molecule has 0 aliphatic rings. The lowest BCUT2D eigenvalue weighted by Gasteiger charge is -2.11. The summed E-state index contributed by atoms with van der Waals surface area (Å²) in [4.78, 5) is 34.5. The third-order valence-corrected chi connectivity index (χ3v) is 3.85. The first-order valence-corrected chi connectivity index (χ1v) is 7.58. The van der Waals surface area contributed by atoms with Crippen LogP contribution in [0.5, 0.6) is 0 Å². The van der Waals surface area contributed by atoms with E-state index in [1.54, 1.807) is 12.1 Å². The van der Waals surface area contributed by atoms with Crippen molar-refractivity contribution in [2.75, 3.05) is 11.9 Å². The number of nitrogens with zero attached hydrogens (tertiary/aromatic N) is 1. The van der Waals surface area contributed by atoms with Gasteiger partial charge in [0, 0.05) is 11.3 Å². The van der Waals surface area contributed by atoms with Crippen LogP contribution in [0.15, 0.2) is 36.4 Å². The minimum Gasteiger partial charge on any atom is -0.452 e. The lowest BCUT2D eigenvalue weighted by atomic mass is 10.1. The van der Waals surface area contributed by atoms with Crippen LogP contribution in [-0.2, 0) is 9.53 Å². The fourth-order valence-electron chi connectivity index (χ4n) is 2.35. The van der Waals surface area contributed by atoms with Gasteiger partial charge in [-0.2, -0.15) is 0 Å². The summed E-state index contributed by atoms with van der Waals surface area (Å²) in [7, 11) is 0. The Morgan fingerprint density at radius 3 is 2.40 bits per heavy atom. The van der Waals surface area contributed by atoms with Gasteiger partial charge in [-0.15, -0.1) is 0 Å². The number of hydrogen-bond acceptors (Lipinski definition) is 5. The van der Waals surface area contributed by atoms with Crippen LogP contribution in [0.25, 0.3) is 0 Å². The second-order valence-corrected chi connectivity index (χ2v) is 5.60. The van der Waals surface area contributed by atoms with Gasteiger partial charge in [0.1, 0.15) is 5.56 Å². The zero-order chi connectivity index (χ0) is 18.6. The lowest BCUT2D eigenvalue weighted by molar-refractivity contribution is -0.385. The van der Waals surface area contributed by atoms with Gasteiger partial charge >= 0.3 is 5.97 Å². The van der Waals surface area contributed by atoms with E-state index in [0.29, 0.717) is 11.3 Å². The molecule has 25 heavy (non-hydrogen) atoms. The fraction of sp³-hybridized carbons (Fsp3) is 0.222. The third kappa shape index (κ3) is 4.20. The van der Waals surface area contributed by atoms with Gasteiger partial charge in [-0.25, -0.2) is 4.79 Å². The number of anilines is 1. The molecular weight excluding hydrogens is 324 g/mol. The predicted molar refractivity (Wildman–Crippen MR) is 92.7 cm³/mol. The highest BCUT2D eigenvalue weighted by Gasteiger charge is 2.24. The molecule has 0 aliphatic carbocycles. The Kier molecular flexibility index (Phi) is 5.49. The van der Waals surface area contributed by atoms with Crippen molar-refractivity contribution in [1.82, 2.24) is 0 Å². The molecule has 0 saturated heterocycles. The second-order valence-electron chi connectivity index (χ2n) is 5.60. The smallest absolute Gasteiger partial charge is 0.345 e. The van der Waals surface area contributed by atoms with Gasteiger partial charge in [-0.1, -0.05) is 24.3 Å². The summed E-state index contributed by atoms with van der Waals surface area (Å²) < 4.78 is 4.92. The number of aryl methyl sites for hydroxylation is 2. The van der Waals surface area contributed by atoms with Gasteiger partial charge in [-0.3, -0.25) is 14.9 Å². The van der Waals surface area contributed by atoms with Crippen molar-refractivity contribution < 1.29 is 19.2 Å². The van der Waals surface area contributed by atoms with Crippen LogP contribution >= 0.6 is 0 Å². The van der Waals surface area contributed by atoms with Crippen LogP contribution in [0, 0.1) is 30.9 Å². The van der Waals surface area contributed by atoms with Crippen molar-refractivity contribution in [3.8, 4) is 0 Å². The van der Waals surface area contributed by atoms with Crippen molar-refractivity contribution in [3.63, 3.8) is 0 Å². The number of benzene rings is 2. The standard InChI is InChI=1S/C18H18N2O5/c1-11-6-5-9-15(13(11)3)19-16(21)10-25-18(22)14-8-4-7-12(2)17(14)20(23)24/h4-9H,10H2,1-3H3,(H,19,21). The molecule has 1 N–H and O–H groups in total. The van der Waals surface area contributed by atoms with E-state index in [1.807, 2.05) is 19.9 Å². The zero-order valence-corrected chi connectivity index (χ0v) is 14.2. The lowest BCUT2D eigenvalue weighted by Crippen LogP contribution is -2.22. The molecule has 0 aliphatic heterocycles. The highest BCUT2D eigenvalue weighted by atomic mass is 16.6. The van der Waals surface area contributed by atoms with E-state index in [-0.39, 0.29) is 11.3 Å². The first-order chi connectivity index (χ1) is 11.8. The predicted octanol–water partition coefficient (Wildman–Crippen LogP) is 3.32. The number of nitrogens with one attached hydrogen (secondary N) is 1. The molecule has 0 fully saturated rings. The normalized spacial score (nSPS) is 10.2. The summed E-state index contributed by atoms with van der Waals surface area (Å²) in [6, 6.07) is 9.82. The average Bonchev–Trinajstić information content (AvgIpc) is 2.56. The molecule has 2 rings (SSSR count). The van der Waals surface area contributed by atoms with Gasteiger partial charge in [-0.05, 0) is 44.0 Å². The van der Waals surface area contributed by atoms with Crippen LogP contribution in [0.1, 0.15) is 27.0 Å². The fourth-order valence-corrected chi connectivity index (χ4v) is 2.35. The average molecular weight is 342 g/mol. The molecule has 7 heteroatoms. The van der Waals surface area contributed by atoms with E-state index < -0.39 is 23.4 Å². The molecule has 1 amide bonds. The summed E-state index contributed by atoms with van der Waals surface area (Å²) in [5.74, 6) is -1.43. The van der Waals surface area contributed by atoms with Crippen molar-refractivity contribution >= 4 is 23.3 Å². The summed E-state index contributed by atoms with van der Waals surface area (Å²) in [6.45, 7) is 4.79. The number of hydrogen-bond donors (Lipinski definition) is 1. The minimum atomic E-state index is -0.911. The maximum absolute atomic E-state index is 12.1. The molecule has 0 radical (unpaired) electrons. The molecule has 0 atom stereocenters. The number of amides is 1. The van der Waals surface area contributed by atoms with E-state index in [2.05, 4.69) is 5.32 Å². The van der Waals surface area contributed by atoms with Crippen molar-refractivity contribution in [1.29, 1.82) is 0 Å². The third-order valence-electron chi connectivity index (χ3n) is 3.85. The SMILES string of the molecule is Cc1cccc(NC(=O)COC(=O)c2cccc(C)c2[N+](=O)[O-])c1C. The Bertz CT molecular complexity index is 845. The monoisotopic (exact) mass is 342 g/mol. The summed E-state index contributed by atoms with van der Waals surface area (Å²) in [6.07, 6.45) is 0. The Morgan fingerprint density at radius 2 is 1.72 bits per heavy atom. The van der Waals surface area contributed by atoms with E-state index in [4.69, 9.17) is 4.74 Å². The topological polar surface area (TPSA) is 98.5 Å². The second kappa shape index (κ2) is 7.57. The van der Waals surface area contributed by atoms with Crippen LogP contribution in [0.4, 0.5) is 11.4 Å². The van der Waals surface area contributed by atoms with Crippen LogP contribution in [0.2, 0.25) is 0 Å². The molecular formula is C18H18N2O5. The number of carbonyl (C=O) groups is 2. The molecule has 0 unspecified atom stereocenters.